The van der Waals surface area contributed by atoms with Crippen LogP contribution < -0.4 is 4.90 Å². The molecule has 1 unspecified atom stereocenters. The molecule has 0 radical (unpaired) electrons. The molecule has 2 fully saturated rings. The van der Waals surface area contributed by atoms with Crippen molar-refractivity contribution in [2.45, 2.75) is 43.0 Å². The topological polar surface area (TPSA) is 69.6 Å². The van der Waals surface area contributed by atoms with Gasteiger partial charge in [-0.2, -0.15) is 8.68 Å². The minimum atomic E-state index is -3.61. The fourth-order valence-electron chi connectivity index (χ4n) is 5.80. The van der Waals surface area contributed by atoms with Gasteiger partial charge in [0, 0.05) is 55.7 Å². The van der Waals surface area contributed by atoms with Gasteiger partial charge in [0.05, 0.1) is 15.1 Å². The Morgan fingerprint density at radius 3 is 2.59 bits per heavy atom. The number of aromatic nitrogens is 2. The predicted octanol–water partition coefficient (Wildman–Crippen LogP) is 4.99. The van der Waals surface area contributed by atoms with Crippen LogP contribution in [-0.4, -0.2) is 72.3 Å². The van der Waals surface area contributed by atoms with Crippen molar-refractivity contribution in [1.82, 2.24) is 18.6 Å². The van der Waals surface area contributed by atoms with Gasteiger partial charge >= 0.3 is 0 Å². The monoisotopic (exact) mass is 535 g/mol. The maximum Gasteiger partial charge on any atom is 0.243 e. The molecule has 2 aromatic heterocycles. The second-order valence-electron chi connectivity index (χ2n) is 10.1. The van der Waals surface area contributed by atoms with Crippen molar-refractivity contribution < 1.29 is 8.42 Å². The smallest absolute Gasteiger partial charge is 0.243 e. The van der Waals surface area contributed by atoms with E-state index in [0.717, 1.165) is 76.2 Å². The minimum Gasteiger partial charge on any atom is -0.353 e. The van der Waals surface area contributed by atoms with E-state index < -0.39 is 10.0 Å². The van der Waals surface area contributed by atoms with Crippen molar-refractivity contribution in [3.63, 3.8) is 0 Å². The fourth-order valence-corrected chi connectivity index (χ4v) is 8.52. The van der Waals surface area contributed by atoms with Gasteiger partial charge in [-0.3, -0.25) is 9.88 Å². The quantitative estimate of drug-likeness (QED) is 0.347. The lowest BCUT2D eigenvalue weighted by atomic mass is 10.1. The molecule has 1 atom stereocenters. The molecule has 37 heavy (non-hydrogen) atoms. The highest BCUT2D eigenvalue weighted by atomic mass is 32.2. The second kappa shape index (κ2) is 10.6. The van der Waals surface area contributed by atoms with E-state index in [2.05, 4.69) is 39.0 Å². The first kappa shape index (κ1) is 24.7. The molecule has 0 amide bonds. The normalized spacial score (nSPS) is 20.4. The summed E-state index contributed by atoms with van der Waals surface area (Å²) in [5.74, 6) is 1.10. The van der Waals surface area contributed by atoms with E-state index in [-0.39, 0.29) is 6.04 Å². The lowest BCUT2D eigenvalue weighted by Gasteiger charge is -2.36. The Hall–Kier alpha value is -2.59. The van der Waals surface area contributed by atoms with Gasteiger partial charge in [-0.05, 0) is 73.7 Å². The highest BCUT2D eigenvalue weighted by Gasteiger charge is 2.34. The molecule has 4 heterocycles. The Balaban J connectivity index is 1.14. The number of hydrogen-bond donors (Lipinski definition) is 0. The van der Waals surface area contributed by atoms with Crippen LogP contribution in [0.1, 0.15) is 32.1 Å². The van der Waals surface area contributed by atoms with Gasteiger partial charge in [-0.1, -0.05) is 31.0 Å². The number of piperazine rings is 1. The van der Waals surface area contributed by atoms with E-state index in [1.807, 2.05) is 18.2 Å². The Morgan fingerprint density at radius 1 is 0.865 bits per heavy atom. The van der Waals surface area contributed by atoms with E-state index in [1.54, 1.807) is 34.2 Å². The molecular weight excluding hydrogens is 502 g/mol. The molecule has 0 N–H and O–H groups in total. The van der Waals surface area contributed by atoms with Crippen molar-refractivity contribution in [1.29, 1.82) is 0 Å². The zero-order valence-electron chi connectivity index (χ0n) is 21.0. The minimum absolute atomic E-state index is 0.0277. The third-order valence-corrected chi connectivity index (χ3v) is 10.7. The van der Waals surface area contributed by atoms with Crippen molar-refractivity contribution in [2.75, 3.05) is 44.2 Å². The Morgan fingerprint density at radius 2 is 1.70 bits per heavy atom. The van der Waals surface area contributed by atoms with Crippen LogP contribution >= 0.6 is 11.5 Å². The molecule has 0 spiro atoms. The van der Waals surface area contributed by atoms with Gasteiger partial charge < -0.3 is 4.90 Å². The SMILES string of the molecule is O=S(=O)(c1cccc2ncccc12)N1CCCCCC1CCN1CCN(c2nsc3ccccc23)CC1. The first-order chi connectivity index (χ1) is 18.1. The predicted molar refractivity (Wildman–Crippen MR) is 151 cm³/mol. The van der Waals surface area contributed by atoms with Gasteiger partial charge in [-0.25, -0.2) is 8.42 Å². The fraction of sp³-hybridized carbons (Fsp3) is 0.429. The number of hydrogen-bond acceptors (Lipinski definition) is 7. The lowest BCUT2D eigenvalue weighted by Crippen LogP contribution is -2.48. The van der Waals surface area contributed by atoms with Gasteiger partial charge in [-0.15, -0.1) is 0 Å². The molecule has 0 aliphatic carbocycles. The number of pyridine rings is 1. The highest BCUT2D eigenvalue weighted by molar-refractivity contribution is 7.89. The standard InChI is InChI=1S/C28H33N5O2S2/c34-37(35,27-13-6-11-25-23(27)10-7-15-29-25)33-16-5-1-2-8-22(33)14-17-31-18-20-32(21-19-31)28-24-9-3-4-12-26(24)36-30-28/h3-4,6-7,9-13,15,22H,1-2,5,8,14,16-21H2. The maximum absolute atomic E-state index is 14.0. The van der Waals surface area contributed by atoms with Crippen molar-refractivity contribution >= 4 is 48.4 Å². The van der Waals surface area contributed by atoms with E-state index in [1.165, 1.54) is 10.1 Å². The lowest BCUT2D eigenvalue weighted by molar-refractivity contribution is 0.218. The summed E-state index contributed by atoms with van der Waals surface area (Å²) in [4.78, 5) is 9.65. The van der Waals surface area contributed by atoms with Crippen LogP contribution in [0.3, 0.4) is 0 Å². The summed E-state index contributed by atoms with van der Waals surface area (Å²) >= 11 is 1.57. The second-order valence-corrected chi connectivity index (χ2v) is 12.7. The molecule has 194 valence electrons. The highest BCUT2D eigenvalue weighted by Crippen LogP contribution is 2.32. The maximum atomic E-state index is 14.0. The van der Waals surface area contributed by atoms with Crippen LogP contribution in [0.25, 0.3) is 21.0 Å². The summed E-state index contributed by atoms with van der Waals surface area (Å²) in [5.41, 5.74) is 0.723. The van der Waals surface area contributed by atoms with E-state index in [9.17, 15) is 8.42 Å². The van der Waals surface area contributed by atoms with Crippen LogP contribution in [0.2, 0.25) is 0 Å². The molecule has 0 saturated carbocycles. The van der Waals surface area contributed by atoms with Gasteiger partial charge in [0.2, 0.25) is 10.0 Å². The summed E-state index contributed by atoms with van der Waals surface area (Å²) in [7, 11) is -3.61. The van der Waals surface area contributed by atoms with Crippen LogP contribution in [0.5, 0.6) is 0 Å². The molecule has 7 nitrogen and oxygen atoms in total. The average Bonchev–Trinajstić information content (AvgIpc) is 3.21. The number of sulfonamides is 1. The van der Waals surface area contributed by atoms with Crippen molar-refractivity contribution in [3.05, 3.63) is 60.8 Å². The number of rotatable bonds is 6. The Labute approximate surface area is 222 Å². The van der Waals surface area contributed by atoms with Crippen LogP contribution in [0.4, 0.5) is 5.82 Å². The van der Waals surface area contributed by atoms with Gasteiger partial charge in [0.25, 0.3) is 0 Å². The molecule has 4 aromatic rings. The van der Waals surface area contributed by atoms with Crippen LogP contribution in [0.15, 0.2) is 65.7 Å². The Kier molecular flexibility index (Phi) is 7.12. The van der Waals surface area contributed by atoms with E-state index in [0.29, 0.717) is 16.8 Å². The van der Waals surface area contributed by atoms with Crippen LogP contribution in [0, 0.1) is 0 Å². The van der Waals surface area contributed by atoms with Gasteiger partial charge in [0.1, 0.15) is 5.82 Å². The summed E-state index contributed by atoms with van der Waals surface area (Å²) in [5, 5.41) is 1.95. The molecular formula is C28H33N5O2S2. The van der Waals surface area contributed by atoms with Crippen molar-refractivity contribution in [2.24, 2.45) is 0 Å². The summed E-state index contributed by atoms with van der Waals surface area (Å²) < 4.78 is 35.7. The molecule has 2 aromatic carbocycles. The van der Waals surface area contributed by atoms with Gasteiger partial charge in [0.15, 0.2) is 0 Å². The Bertz CT molecular complexity index is 1480. The summed E-state index contributed by atoms with van der Waals surface area (Å²) in [6.45, 7) is 5.35. The molecule has 2 aliphatic rings. The van der Waals surface area contributed by atoms with Crippen molar-refractivity contribution in [3.8, 4) is 0 Å². The zero-order valence-corrected chi connectivity index (χ0v) is 22.6. The number of anilines is 1. The molecule has 0 bridgehead atoms. The summed E-state index contributed by atoms with van der Waals surface area (Å²) in [6, 6.07) is 17.6. The number of fused-ring (bicyclic) bond motifs is 2. The number of nitrogens with zero attached hydrogens (tertiary/aromatic N) is 5. The molecule has 9 heteroatoms. The summed E-state index contributed by atoms with van der Waals surface area (Å²) in [6.07, 6.45) is 6.58. The van der Waals surface area contributed by atoms with E-state index in [4.69, 9.17) is 4.37 Å². The van der Waals surface area contributed by atoms with E-state index >= 15 is 0 Å². The third-order valence-electron chi connectivity index (χ3n) is 7.82. The number of benzene rings is 2. The van der Waals surface area contributed by atoms with Crippen LogP contribution in [-0.2, 0) is 10.0 Å². The third kappa shape index (κ3) is 4.97. The average molecular weight is 536 g/mol. The zero-order chi connectivity index (χ0) is 25.2. The largest absolute Gasteiger partial charge is 0.353 e. The first-order valence-electron chi connectivity index (χ1n) is 13.3. The molecule has 2 aliphatic heterocycles. The molecule has 2 saturated heterocycles. The molecule has 6 rings (SSSR count). The first-order valence-corrected chi connectivity index (χ1v) is 15.5.